The topological polar surface area (TPSA) is 93.1 Å². The average molecular weight is 561 g/mol. The van der Waals surface area contributed by atoms with Gasteiger partial charge in [0.15, 0.2) is 0 Å². The number of carboxylic acids is 2. The van der Waals surface area contributed by atoms with Crippen molar-refractivity contribution in [2.45, 2.75) is 49.4 Å². The minimum Gasteiger partial charge on any atom is -0.478 e. The van der Waals surface area contributed by atoms with E-state index >= 15 is 0 Å². The number of carboxylic acid groups (broad SMARTS) is 2. The maximum atomic E-state index is 11.3. The summed E-state index contributed by atoms with van der Waals surface area (Å²) in [6.45, 7) is 0. The molecule has 2 N–H and O–H groups in total. The Kier molecular flexibility index (Phi) is 6.30. The first-order valence-electron chi connectivity index (χ1n) is 14.5. The van der Waals surface area contributed by atoms with Gasteiger partial charge < -0.3 is 19.7 Å². The Morgan fingerprint density at radius 3 is 1.33 bits per heavy atom. The first-order valence-corrected chi connectivity index (χ1v) is 14.5. The van der Waals surface area contributed by atoms with Crippen LogP contribution >= 0.6 is 0 Å². The smallest absolute Gasteiger partial charge is 0.335 e. The van der Waals surface area contributed by atoms with Crippen LogP contribution in [0.25, 0.3) is 0 Å². The predicted molar refractivity (Wildman–Crippen MR) is 158 cm³/mol. The van der Waals surface area contributed by atoms with Gasteiger partial charge in [-0.2, -0.15) is 0 Å². The Bertz CT molecular complexity index is 1520. The maximum Gasteiger partial charge on any atom is 0.335 e. The molecule has 0 unspecified atom stereocenters. The second kappa shape index (κ2) is 10.1. The minimum atomic E-state index is -0.956. The van der Waals surface area contributed by atoms with E-state index in [1.807, 2.05) is 24.3 Å². The van der Waals surface area contributed by atoms with Gasteiger partial charge in [-0.25, -0.2) is 9.59 Å². The zero-order valence-corrected chi connectivity index (χ0v) is 23.2. The lowest BCUT2D eigenvalue weighted by molar-refractivity contribution is -0.0294. The van der Waals surface area contributed by atoms with Gasteiger partial charge in [-0.15, -0.1) is 0 Å². The van der Waals surface area contributed by atoms with E-state index < -0.39 is 11.9 Å². The summed E-state index contributed by atoms with van der Waals surface area (Å²) in [7, 11) is 0. The van der Waals surface area contributed by atoms with Gasteiger partial charge in [0.2, 0.25) is 0 Å². The lowest BCUT2D eigenvalue weighted by Gasteiger charge is -2.63. The predicted octanol–water partition coefficient (Wildman–Crippen LogP) is 8.46. The van der Waals surface area contributed by atoms with E-state index in [-0.39, 0.29) is 22.0 Å². The van der Waals surface area contributed by atoms with Crippen LogP contribution in [-0.2, 0) is 10.8 Å². The molecular formula is C36H32O6. The van der Waals surface area contributed by atoms with E-state index in [0.717, 1.165) is 43.6 Å². The van der Waals surface area contributed by atoms with Crippen LogP contribution in [0.3, 0.4) is 0 Å². The molecule has 4 aliphatic carbocycles. The van der Waals surface area contributed by atoms with Crippen LogP contribution in [0.2, 0.25) is 0 Å². The fraction of sp³-hybridized carbons (Fsp3) is 0.278. The number of carbonyl (C=O) groups is 2. The van der Waals surface area contributed by atoms with Gasteiger partial charge in [0, 0.05) is 22.0 Å². The van der Waals surface area contributed by atoms with E-state index in [2.05, 4.69) is 24.3 Å². The highest BCUT2D eigenvalue weighted by atomic mass is 16.5. The van der Waals surface area contributed by atoms with Gasteiger partial charge in [0.05, 0.1) is 11.1 Å². The summed E-state index contributed by atoms with van der Waals surface area (Å²) >= 11 is 0. The highest BCUT2D eigenvalue weighted by Gasteiger charge is 2.59. The molecule has 0 saturated heterocycles. The first-order chi connectivity index (χ1) is 20.3. The van der Waals surface area contributed by atoms with Crippen molar-refractivity contribution in [3.05, 3.63) is 119 Å². The molecule has 0 spiro atoms. The average Bonchev–Trinajstić information content (AvgIpc) is 2.97. The van der Waals surface area contributed by atoms with Crippen LogP contribution in [0, 0.1) is 11.8 Å². The molecule has 6 heteroatoms. The minimum absolute atomic E-state index is 0.0298. The summed E-state index contributed by atoms with van der Waals surface area (Å²) in [6.07, 6.45) is 6.77. The molecule has 4 fully saturated rings. The number of hydrogen-bond donors (Lipinski definition) is 2. The van der Waals surface area contributed by atoms with Gasteiger partial charge in [-0.1, -0.05) is 36.4 Å². The summed E-state index contributed by atoms with van der Waals surface area (Å²) in [5.41, 5.74) is 2.87. The first kappa shape index (κ1) is 26.3. The van der Waals surface area contributed by atoms with Gasteiger partial charge >= 0.3 is 11.9 Å². The van der Waals surface area contributed by atoms with E-state index in [9.17, 15) is 19.8 Å². The van der Waals surface area contributed by atoms with Crippen molar-refractivity contribution in [3.8, 4) is 23.0 Å². The molecule has 4 aromatic carbocycles. The molecule has 0 atom stereocenters. The summed E-state index contributed by atoms with van der Waals surface area (Å²) in [4.78, 5) is 22.6. The van der Waals surface area contributed by atoms with Crippen LogP contribution in [0.15, 0.2) is 97.1 Å². The molecule has 0 amide bonds. The van der Waals surface area contributed by atoms with Crippen LogP contribution < -0.4 is 9.47 Å². The molecule has 4 aliphatic rings. The molecular weight excluding hydrogens is 528 g/mol. The molecule has 6 nitrogen and oxygen atoms in total. The van der Waals surface area contributed by atoms with Crippen molar-refractivity contribution < 1.29 is 29.3 Å². The number of para-hydroxylation sites is 2. The van der Waals surface area contributed by atoms with Gasteiger partial charge in [0.25, 0.3) is 0 Å². The summed E-state index contributed by atoms with van der Waals surface area (Å²) in [6, 6.07) is 29.9. The normalized spacial score (nSPS) is 25.6. The molecule has 0 radical (unpaired) electrons. The highest BCUT2D eigenvalue weighted by molar-refractivity contribution is 5.88. The summed E-state index contributed by atoms with van der Waals surface area (Å²) in [5.74, 6) is 2.22. The Morgan fingerprint density at radius 2 is 0.952 bits per heavy atom. The molecule has 4 bridgehead atoms. The van der Waals surface area contributed by atoms with E-state index in [0.29, 0.717) is 23.3 Å². The third-order valence-electron chi connectivity index (χ3n) is 9.64. The SMILES string of the molecule is O=C(O)c1ccc(Oc2ccccc2C23CC4CC(C2)CC(c2ccccc2Oc2ccc(C(=O)O)cc2)(C4)C3)cc1. The molecule has 0 aromatic heterocycles. The van der Waals surface area contributed by atoms with E-state index in [4.69, 9.17) is 9.47 Å². The van der Waals surface area contributed by atoms with Crippen molar-refractivity contribution in [1.29, 1.82) is 0 Å². The monoisotopic (exact) mass is 560 g/mol. The Balaban J connectivity index is 1.23. The molecule has 0 heterocycles. The lowest BCUT2D eigenvalue weighted by Crippen LogP contribution is -2.56. The second-order valence-electron chi connectivity index (χ2n) is 12.4. The van der Waals surface area contributed by atoms with Gasteiger partial charge in [0.1, 0.15) is 23.0 Å². The van der Waals surface area contributed by atoms with E-state index in [1.54, 1.807) is 48.5 Å². The Morgan fingerprint density at radius 1 is 0.571 bits per heavy atom. The molecule has 0 aliphatic heterocycles. The largest absolute Gasteiger partial charge is 0.478 e. The fourth-order valence-corrected chi connectivity index (χ4v) is 8.47. The number of benzene rings is 4. The standard InChI is InChI=1S/C36H32O6/c37-33(38)25-9-13-27(14-10-25)41-31-7-3-1-5-29(31)35-18-23-17-24(19-35)21-36(20-23,22-35)30-6-2-4-8-32(30)42-28-15-11-26(12-16-28)34(39)40/h1-16,23-24H,17-22H2,(H,37,38)(H,39,40). The van der Waals surface area contributed by atoms with Crippen LogP contribution in [0.4, 0.5) is 0 Å². The van der Waals surface area contributed by atoms with Crippen molar-refractivity contribution in [2.75, 3.05) is 0 Å². The van der Waals surface area contributed by atoms with Crippen molar-refractivity contribution >= 4 is 11.9 Å². The Labute approximate surface area is 244 Å². The molecule has 4 saturated carbocycles. The van der Waals surface area contributed by atoms with Crippen molar-refractivity contribution in [3.63, 3.8) is 0 Å². The lowest BCUT2D eigenvalue weighted by atomic mass is 9.41. The third kappa shape index (κ3) is 4.61. The zero-order valence-electron chi connectivity index (χ0n) is 23.2. The third-order valence-corrected chi connectivity index (χ3v) is 9.64. The van der Waals surface area contributed by atoms with E-state index in [1.165, 1.54) is 17.5 Å². The molecule has 212 valence electrons. The maximum absolute atomic E-state index is 11.3. The number of hydrogen-bond acceptors (Lipinski definition) is 4. The van der Waals surface area contributed by atoms with Crippen LogP contribution in [0.5, 0.6) is 23.0 Å². The zero-order chi connectivity index (χ0) is 28.9. The summed E-state index contributed by atoms with van der Waals surface area (Å²) < 4.78 is 12.9. The van der Waals surface area contributed by atoms with Crippen LogP contribution in [0.1, 0.15) is 70.4 Å². The van der Waals surface area contributed by atoms with Crippen molar-refractivity contribution in [1.82, 2.24) is 0 Å². The number of aromatic carboxylic acids is 2. The van der Waals surface area contributed by atoms with Crippen molar-refractivity contribution in [2.24, 2.45) is 11.8 Å². The van der Waals surface area contributed by atoms with Gasteiger partial charge in [-0.05, 0) is 111 Å². The highest BCUT2D eigenvalue weighted by Crippen LogP contribution is 2.68. The second-order valence-corrected chi connectivity index (χ2v) is 12.4. The number of rotatable bonds is 8. The van der Waals surface area contributed by atoms with Crippen LogP contribution in [-0.4, -0.2) is 22.2 Å². The Hall–Kier alpha value is -4.58. The quantitative estimate of drug-likeness (QED) is 0.225. The fourth-order valence-electron chi connectivity index (χ4n) is 8.47. The molecule has 42 heavy (non-hydrogen) atoms. The van der Waals surface area contributed by atoms with Gasteiger partial charge in [-0.3, -0.25) is 0 Å². The molecule has 4 aromatic rings. The molecule has 8 rings (SSSR count). The summed E-state index contributed by atoms with van der Waals surface area (Å²) in [5, 5.41) is 18.6. The number of ether oxygens (including phenoxy) is 2.